The van der Waals surface area contributed by atoms with Crippen LogP contribution in [0.5, 0.6) is 0 Å². The smallest absolute Gasteiger partial charge is 0.272 e. The number of carbonyl (C=O) groups is 1. The number of rotatable bonds is 6. The van der Waals surface area contributed by atoms with Crippen LogP contribution in [-0.2, 0) is 30.7 Å². The largest absolute Gasteiger partial charge is 0.376 e. The van der Waals surface area contributed by atoms with Crippen molar-refractivity contribution in [3.05, 3.63) is 82.4 Å². The van der Waals surface area contributed by atoms with E-state index in [2.05, 4.69) is 34.4 Å². The van der Waals surface area contributed by atoms with Crippen LogP contribution in [-0.4, -0.2) is 46.4 Å². The molecule has 1 unspecified atom stereocenters. The fourth-order valence-electron chi connectivity index (χ4n) is 4.84. The van der Waals surface area contributed by atoms with Crippen LogP contribution in [0.3, 0.4) is 0 Å². The number of halogens is 1. The van der Waals surface area contributed by atoms with Crippen molar-refractivity contribution in [1.82, 2.24) is 20.0 Å². The van der Waals surface area contributed by atoms with E-state index >= 15 is 0 Å². The minimum atomic E-state index is -0.340. The highest BCUT2D eigenvalue weighted by atomic mass is 19.1. The molecule has 1 atom stereocenters. The fourth-order valence-corrected chi connectivity index (χ4v) is 4.84. The Morgan fingerprint density at radius 3 is 2.88 bits per heavy atom. The second kappa shape index (κ2) is 9.45. The van der Waals surface area contributed by atoms with Crippen LogP contribution in [0.2, 0.25) is 0 Å². The Bertz CT molecular complexity index is 1160. The number of benzene rings is 2. The number of carbonyl (C=O) groups excluding carboxylic acids is 1. The molecule has 1 aromatic heterocycles. The highest BCUT2D eigenvalue weighted by molar-refractivity contribution is 5.94. The molecule has 1 N–H and O–H groups in total. The van der Waals surface area contributed by atoms with E-state index in [1.54, 1.807) is 22.9 Å². The lowest BCUT2D eigenvalue weighted by Gasteiger charge is -2.31. The summed E-state index contributed by atoms with van der Waals surface area (Å²) in [4.78, 5) is 15.4. The minimum absolute atomic E-state index is 0.212. The Kier molecular flexibility index (Phi) is 6.24. The topological polar surface area (TPSA) is 59.4 Å². The lowest BCUT2D eigenvalue weighted by atomic mass is 10.1. The van der Waals surface area contributed by atoms with Gasteiger partial charge in [0.15, 0.2) is 5.69 Å². The van der Waals surface area contributed by atoms with Gasteiger partial charge in [-0.1, -0.05) is 36.4 Å². The number of nitrogens with one attached hydrogen (secondary N) is 1. The van der Waals surface area contributed by atoms with Gasteiger partial charge in [-0.05, 0) is 49.4 Å². The SMILES string of the molecule is CC1CN(Cc2cccc(CNC(=O)c3nn(-c4ccccc4F)c4c3CCC4)c2)CCO1. The predicted molar refractivity (Wildman–Crippen MR) is 124 cm³/mol. The summed E-state index contributed by atoms with van der Waals surface area (Å²) in [5.74, 6) is -0.552. The molecule has 0 radical (unpaired) electrons. The lowest BCUT2D eigenvalue weighted by Crippen LogP contribution is -2.40. The quantitative estimate of drug-likeness (QED) is 0.626. The number of amides is 1. The molecule has 6 nitrogen and oxygen atoms in total. The zero-order valence-corrected chi connectivity index (χ0v) is 18.9. The maximum atomic E-state index is 14.4. The number of hydrogen-bond donors (Lipinski definition) is 1. The van der Waals surface area contributed by atoms with E-state index in [-0.39, 0.29) is 17.8 Å². The van der Waals surface area contributed by atoms with Gasteiger partial charge in [0.2, 0.25) is 0 Å². The first-order chi connectivity index (χ1) is 16.1. The van der Waals surface area contributed by atoms with Gasteiger partial charge in [0.25, 0.3) is 5.91 Å². The standard InChI is InChI=1S/C26H29FN4O2/c1-18-16-30(12-13-33-18)17-20-7-4-6-19(14-20)15-28-26(32)25-21-8-5-11-23(21)31(29-25)24-10-3-2-9-22(24)27/h2-4,6-7,9-10,14,18H,5,8,11-13,15-17H2,1H3,(H,28,32). The van der Waals surface area contributed by atoms with Crippen molar-refractivity contribution in [2.45, 2.75) is 45.4 Å². The van der Waals surface area contributed by atoms with Crippen molar-refractivity contribution in [2.75, 3.05) is 19.7 Å². The number of para-hydroxylation sites is 1. The van der Waals surface area contributed by atoms with E-state index in [1.165, 1.54) is 11.6 Å². The normalized spacial score (nSPS) is 18.3. The van der Waals surface area contributed by atoms with E-state index in [9.17, 15) is 9.18 Å². The van der Waals surface area contributed by atoms with Crippen LogP contribution in [0.1, 0.15) is 46.2 Å². The summed E-state index contributed by atoms with van der Waals surface area (Å²) in [5, 5.41) is 7.54. The number of nitrogens with zero attached hydrogens (tertiary/aromatic N) is 3. The van der Waals surface area contributed by atoms with Gasteiger partial charge in [-0.15, -0.1) is 0 Å². The van der Waals surface area contributed by atoms with Gasteiger partial charge in [0.05, 0.1) is 12.7 Å². The molecule has 1 aliphatic carbocycles. The van der Waals surface area contributed by atoms with E-state index in [0.717, 1.165) is 62.3 Å². The van der Waals surface area contributed by atoms with Crippen molar-refractivity contribution in [1.29, 1.82) is 0 Å². The predicted octanol–water partition coefficient (Wildman–Crippen LogP) is 3.65. The number of fused-ring (bicyclic) bond motifs is 1. The second-order valence-electron chi connectivity index (χ2n) is 8.91. The van der Waals surface area contributed by atoms with Crippen LogP contribution in [0, 0.1) is 5.82 Å². The molecule has 1 fully saturated rings. The van der Waals surface area contributed by atoms with Crippen LogP contribution in [0.4, 0.5) is 4.39 Å². The van der Waals surface area contributed by atoms with Gasteiger partial charge in [0, 0.05) is 37.4 Å². The van der Waals surface area contributed by atoms with E-state index < -0.39 is 0 Å². The molecule has 33 heavy (non-hydrogen) atoms. The average molecular weight is 449 g/mol. The Morgan fingerprint density at radius 1 is 1.18 bits per heavy atom. The molecule has 2 aliphatic rings. The third-order valence-corrected chi connectivity index (χ3v) is 6.40. The Labute approximate surface area is 193 Å². The van der Waals surface area contributed by atoms with Gasteiger partial charge >= 0.3 is 0 Å². The van der Waals surface area contributed by atoms with Gasteiger partial charge in [-0.25, -0.2) is 9.07 Å². The summed E-state index contributed by atoms with van der Waals surface area (Å²) in [6, 6.07) is 14.9. The maximum Gasteiger partial charge on any atom is 0.272 e. The Morgan fingerprint density at radius 2 is 2.03 bits per heavy atom. The summed E-state index contributed by atoms with van der Waals surface area (Å²) < 4.78 is 21.6. The van der Waals surface area contributed by atoms with Gasteiger partial charge in [-0.2, -0.15) is 5.10 Å². The summed E-state index contributed by atoms with van der Waals surface area (Å²) in [5.41, 5.74) is 4.94. The fraction of sp³-hybridized carbons (Fsp3) is 0.385. The highest BCUT2D eigenvalue weighted by Gasteiger charge is 2.27. The molecule has 0 bridgehead atoms. The Hall–Kier alpha value is -3.03. The lowest BCUT2D eigenvalue weighted by molar-refractivity contribution is -0.0212. The van der Waals surface area contributed by atoms with Crippen molar-refractivity contribution in [2.24, 2.45) is 0 Å². The second-order valence-corrected chi connectivity index (χ2v) is 8.91. The number of aromatic nitrogens is 2. The van der Waals surface area contributed by atoms with Crippen LogP contribution in [0.25, 0.3) is 5.69 Å². The molecule has 5 rings (SSSR count). The zero-order valence-electron chi connectivity index (χ0n) is 18.9. The van der Waals surface area contributed by atoms with Crippen molar-refractivity contribution >= 4 is 5.91 Å². The van der Waals surface area contributed by atoms with Crippen LogP contribution < -0.4 is 5.32 Å². The van der Waals surface area contributed by atoms with Gasteiger partial charge in [0.1, 0.15) is 11.5 Å². The molecule has 1 aliphatic heterocycles. The van der Waals surface area contributed by atoms with E-state index in [0.29, 0.717) is 17.9 Å². The average Bonchev–Trinajstić information content (AvgIpc) is 3.41. The van der Waals surface area contributed by atoms with Gasteiger partial charge < -0.3 is 10.1 Å². The monoisotopic (exact) mass is 448 g/mol. The van der Waals surface area contributed by atoms with Crippen molar-refractivity contribution < 1.29 is 13.9 Å². The molecule has 1 amide bonds. The van der Waals surface area contributed by atoms with Crippen LogP contribution in [0.15, 0.2) is 48.5 Å². The number of ether oxygens (including phenoxy) is 1. The van der Waals surface area contributed by atoms with E-state index in [4.69, 9.17) is 4.74 Å². The van der Waals surface area contributed by atoms with Crippen LogP contribution >= 0.6 is 0 Å². The molecular formula is C26H29FN4O2. The minimum Gasteiger partial charge on any atom is -0.376 e. The molecule has 2 aromatic carbocycles. The Balaban J connectivity index is 1.28. The van der Waals surface area contributed by atoms with Crippen molar-refractivity contribution in [3.8, 4) is 5.69 Å². The number of morpholine rings is 1. The molecule has 3 aromatic rings. The first kappa shape index (κ1) is 21.8. The summed E-state index contributed by atoms with van der Waals surface area (Å²) in [6.45, 7) is 6.02. The molecule has 2 heterocycles. The maximum absolute atomic E-state index is 14.4. The molecular weight excluding hydrogens is 419 g/mol. The summed E-state index contributed by atoms with van der Waals surface area (Å²) in [6.07, 6.45) is 2.79. The highest BCUT2D eigenvalue weighted by Crippen LogP contribution is 2.28. The molecule has 1 saturated heterocycles. The zero-order chi connectivity index (χ0) is 22.8. The first-order valence-corrected chi connectivity index (χ1v) is 11.6. The molecule has 0 saturated carbocycles. The molecule has 0 spiro atoms. The van der Waals surface area contributed by atoms with E-state index in [1.807, 2.05) is 12.1 Å². The summed E-state index contributed by atoms with van der Waals surface area (Å²) >= 11 is 0. The number of hydrogen-bond acceptors (Lipinski definition) is 4. The molecule has 172 valence electrons. The third kappa shape index (κ3) is 4.70. The third-order valence-electron chi connectivity index (χ3n) is 6.40. The van der Waals surface area contributed by atoms with Crippen molar-refractivity contribution in [3.63, 3.8) is 0 Å². The summed E-state index contributed by atoms with van der Waals surface area (Å²) in [7, 11) is 0. The van der Waals surface area contributed by atoms with Gasteiger partial charge in [-0.3, -0.25) is 9.69 Å². The first-order valence-electron chi connectivity index (χ1n) is 11.6. The molecule has 7 heteroatoms.